The lowest BCUT2D eigenvalue weighted by Gasteiger charge is -2.32. The van der Waals surface area contributed by atoms with Crippen molar-refractivity contribution in [2.45, 2.75) is 51.2 Å². The van der Waals surface area contributed by atoms with Crippen LogP contribution in [-0.4, -0.2) is 57.6 Å². The van der Waals surface area contributed by atoms with Crippen LogP contribution in [0.15, 0.2) is 30.5 Å². The number of anilines is 1. The van der Waals surface area contributed by atoms with Gasteiger partial charge in [-0.15, -0.1) is 0 Å². The minimum atomic E-state index is -0.681. The van der Waals surface area contributed by atoms with Crippen LogP contribution in [-0.2, 0) is 0 Å². The summed E-state index contributed by atoms with van der Waals surface area (Å²) >= 11 is 12.3. The van der Waals surface area contributed by atoms with E-state index in [0.717, 1.165) is 38.8 Å². The fourth-order valence-electron chi connectivity index (χ4n) is 5.36. The molecule has 2 N–H and O–H groups in total. The summed E-state index contributed by atoms with van der Waals surface area (Å²) in [5.41, 5.74) is 3.73. The molecule has 0 unspecified atom stereocenters. The van der Waals surface area contributed by atoms with Gasteiger partial charge in [0, 0.05) is 37.4 Å². The Morgan fingerprint density at radius 3 is 2.53 bits per heavy atom. The summed E-state index contributed by atoms with van der Waals surface area (Å²) in [5.74, 6) is 0.317. The Kier molecular flexibility index (Phi) is 7.33. The lowest BCUT2D eigenvalue weighted by molar-refractivity contribution is 0.101. The van der Waals surface area contributed by atoms with Gasteiger partial charge in [0.25, 0.3) is 0 Å². The summed E-state index contributed by atoms with van der Waals surface area (Å²) in [7, 11) is 0. The number of nitrogens with zero attached hydrogens (tertiary/aromatic N) is 3. The van der Waals surface area contributed by atoms with Crippen molar-refractivity contribution in [2.24, 2.45) is 5.92 Å². The zero-order valence-electron chi connectivity index (χ0n) is 20.1. The minimum Gasteiger partial charge on any atom is -0.505 e. The molecule has 0 amide bonds. The number of phenolic OH excluding ortho intramolecular Hbond substituents is 1. The van der Waals surface area contributed by atoms with Crippen LogP contribution in [0.3, 0.4) is 0 Å². The third-order valence-corrected chi connectivity index (χ3v) is 7.91. The lowest BCUT2D eigenvalue weighted by atomic mass is 9.85. The number of phenols is 1. The molecule has 9 heteroatoms. The number of nitrogens with one attached hydrogen (secondary N) is 1. The third kappa shape index (κ3) is 5.29. The molecule has 1 aliphatic heterocycles. The SMILES string of the molecule is CC(=O)c1cnc2ccc(-c3cc(Cl)c(O)c(Cl)c3)nc2c1N[C@H]1CC[C@H](CN2CC[C@@H](F)C2)CC1. The Hall–Kier alpha value is -2.48. The number of Topliss-reactive ketones (excluding diaryl/α,β-unsaturated/α-hetero) is 1. The highest BCUT2D eigenvalue weighted by atomic mass is 35.5. The number of ketones is 1. The van der Waals surface area contributed by atoms with Crippen molar-refractivity contribution in [3.8, 4) is 17.0 Å². The molecule has 0 bridgehead atoms. The monoisotopic (exact) mass is 530 g/mol. The number of hydrogen-bond donors (Lipinski definition) is 2. The van der Waals surface area contributed by atoms with E-state index in [1.54, 1.807) is 18.3 Å². The van der Waals surface area contributed by atoms with Gasteiger partial charge < -0.3 is 15.3 Å². The van der Waals surface area contributed by atoms with Gasteiger partial charge >= 0.3 is 0 Å². The number of halogens is 3. The first kappa shape index (κ1) is 25.2. The first-order valence-corrected chi connectivity index (χ1v) is 13.2. The topological polar surface area (TPSA) is 78.3 Å². The van der Waals surface area contributed by atoms with E-state index in [4.69, 9.17) is 28.2 Å². The molecule has 1 aromatic carbocycles. The van der Waals surface area contributed by atoms with E-state index in [9.17, 15) is 14.3 Å². The number of benzene rings is 1. The normalized spacial score (nSPS) is 22.7. The number of aromatic hydroxyl groups is 1. The van der Waals surface area contributed by atoms with Gasteiger partial charge in [0.2, 0.25) is 0 Å². The van der Waals surface area contributed by atoms with E-state index in [0.29, 0.717) is 52.4 Å². The standard InChI is InChI=1S/C27H29Cl2FN4O2/c1-15(35)20-12-31-24-7-6-23(17-10-21(28)27(36)22(29)11-17)33-26(24)25(20)32-19-4-2-16(3-5-19)13-34-9-8-18(30)14-34/h6-7,10-12,16,18-19,36H,2-5,8-9,13-14H2,1H3,(H,31,32)/t16-,18-,19-/m1/s1. The fourth-order valence-corrected chi connectivity index (χ4v) is 5.85. The highest BCUT2D eigenvalue weighted by molar-refractivity contribution is 6.37. The van der Waals surface area contributed by atoms with Gasteiger partial charge in [-0.2, -0.15) is 0 Å². The van der Waals surface area contributed by atoms with Crippen LogP contribution in [0.5, 0.6) is 5.75 Å². The Bertz CT molecular complexity index is 1270. The number of aromatic nitrogens is 2. The van der Waals surface area contributed by atoms with Crippen LogP contribution in [0.2, 0.25) is 10.0 Å². The highest BCUT2D eigenvalue weighted by Crippen LogP contribution is 2.37. The van der Waals surface area contributed by atoms with Crippen molar-refractivity contribution >= 4 is 45.7 Å². The van der Waals surface area contributed by atoms with Gasteiger partial charge in [-0.25, -0.2) is 9.37 Å². The number of carbonyl (C=O) groups is 1. The van der Waals surface area contributed by atoms with Gasteiger partial charge in [0.05, 0.1) is 32.5 Å². The largest absolute Gasteiger partial charge is 0.505 e. The predicted octanol–water partition coefficient (Wildman–Crippen LogP) is 6.53. The van der Waals surface area contributed by atoms with Gasteiger partial charge in [0.1, 0.15) is 11.7 Å². The maximum Gasteiger partial charge on any atom is 0.163 e. The second kappa shape index (κ2) is 10.5. The van der Waals surface area contributed by atoms with Gasteiger partial charge in [0.15, 0.2) is 11.5 Å². The summed E-state index contributed by atoms with van der Waals surface area (Å²) < 4.78 is 13.5. The highest BCUT2D eigenvalue weighted by Gasteiger charge is 2.28. The van der Waals surface area contributed by atoms with E-state index in [2.05, 4.69) is 15.2 Å². The van der Waals surface area contributed by atoms with Crippen molar-refractivity contribution in [1.82, 2.24) is 14.9 Å². The summed E-state index contributed by atoms with van der Waals surface area (Å²) in [4.78, 5) is 24.1. The second-order valence-corrected chi connectivity index (χ2v) is 10.8. The molecule has 1 saturated carbocycles. The Morgan fingerprint density at radius 1 is 1.17 bits per heavy atom. The molecule has 0 spiro atoms. The molecule has 1 aliphatic carbocycles. The minimum absolute atomic E-state index is 0.0849. The quantitative estimate of drug-likeness (QED) is 0.353. The molecule has 0 radical (unpaired) electrons. The maximum absolute atomic E-state index is 13.5. The van der Waals surface area contributed by atoms with Crippen molar-refractivity contribution in [3.63, 3.8) is 0 Å². The molecule has 2 fully saturated rings. The molecule has 2 aliphatic rings. The molecule has 3 aromatic rings. The van der Waals surface area contributed by atoms with E-state index in [1.165, 1.54) is 6.92 Å². The van der Waals surface area contributed by atoms with Crippen molar-refractivity contribution in [1.29, 1.82) is 0 Å². The average molecular weight is 531 g/mol. The third-order valence-electron chi connectivity index (χ3n) is 7.33. The first-order valence-electron chi connectivity index (χ1n) is 12.4. The average Bonchev–Trinajstić information content (AvgIpc) is 3.27. The molecule has 5 rings (SSSR count). The zero-order valence-corrected chi connectivity index (χ0v) is 21.6. The van der Waals surface area contributed by atoms with Crippen LogP contribution in [0.4, 0.5) is 10.1 Å². The van der Waals surface area contributed by atoms with E-state index in [-0.39, 0.29) is 27.6 Å². The van der Waals surface area contributed by atoms with Gasteiger partial charge in [-0.3, -0.25) is 9.78 Å². The van der Waals surface area contributed by atoms with E-state index < -0.39 is 6.17 Å². The summed E-state index contributed by atoms with van der Waals surface area (Å²) in [5, 5.41) is 13.8. The summed E-state index contributed by atoms with van der Waals surface area (Å²) in [6, 6.07) is 7.10. The van der Waals surface area contributed by atoms with Gasteiger partial charge in [-0.05, 0) is 69.2 Å². The van der Waals surface area contributed by atoms with Crippen molar-refractivity contribution in [3.05, 3.63) is 46.1 Å². The number of fused-ring (bicyclic) bond motifs is 1. The number of rotatable bonds is 6. The maximum atomic E-state index is 13.5. The van der Waals surface area contributed by atoms with Crippen LogP contribution in [0.1, 0.15) is 49.4 Å². The fraction of sp³-hybridized carbons (Fsp3) is 0.444. The Labute approximate surface area is 219 Å². The van der Waals surface area contributed by atoms with Crippen LogP contribution in [0.25, 0.3) is 22.3 Å². The molecule has 190 valence electrons. The van der Waals surface area contributed by atoms with Crippen molar-refractivity contribution < 1.29 is 14.3 Å². The Balaban J connectivity index is 1.40. The molecular weight excluding hydrogens is 502 g/mol. The van der Waals surface area contributed by atoms with E-state index in [1.807, 2.05) is 12.1 Å². The van der Waals surface area contributed by atoms with Gasteiger partial charge in [-0.1, -0.05) is 23.2 Å². The molecule has 36 heavy (non-hydrogen) atoms. The molecule has 6 nitrogen and oxygen atoms in total. The van der Waals surface area contributed by atoms with Crippen LogP contribution in [0, 0.1) is 5.92 Å². The number of likely N-dealkylation sites (tertiary alicyclic amines) is 1. The number of pyridine rings is 2. The molecule has 3 heterocycles. The summed E-state index contributed by atoms with van der Waals surface area (Å²) in [6.45, 7) is 3.92. The Morgan fingerprint density at radius 2 is 1.89 bits per heavy atom. The van der Waals surface area contributed by atoms with Crippen molar-refractivity contribution in [2.75, 3.05) is 25.0 Å². The van der Waals surface area contributed by atoms with E-state index >= 15 is 0 Å². The zero-order chi connectivity index (χ0) is 25.4. The molecular formula is C27H29Cl2FN4O2. The second-order valence-electron chi connectivity index (χ2n) is 9.96. The number of carbonyl (C=O) groups excluding carboxylic acids is 1. The molecule has 1 saturated heterocycles. The molecule has 1 atom stereocenters. The molecule has 2 aromatic heterocycles. The first-order chi connectivity index (χ1) is 17.3. The number of alkyl halides is 1. The predicted molar refractivity (Wildman–Crippen MR) is 142 cm³/mol. The lowest BCUT2D eigenvalue weighted by Crippen LogP contribution is -2.33. The van der Waals surface area contributed by atoms with Crippen LogP contribution >= 0.6 is 23.2 Å². The smallest absolute Gasteiger partial charge is 0.163 e. The van der Waals surface area contributed by atoms with Crippen LogP contribution < -0.4 is 5.32 Å². The number of hydrogen-bond acceptors (Lipinski definition) is 6. The summed E-state index contributed by atoms with van der Waals surface area (Å²) in [6.07, 6.45) is 5.65.